The van der Waals surface area contributed by atoms with Crippen LogP contribution in [0, 0.1) is 0 Å². The summed E-state index contributed by atoms with van der Waals surface area (Å²) in [6, 6.07) is 17.4. The van der Waals surface area contributed by atoms with Crippen LogP contribution >= 0.6 is 0 Å². The highest BCUT2D eigenvalue weighted by Gasteiger charge is 2.55. The maximum absolute atomic E-state index is 13.7. The molecule has 0 saturated heterocycles. The van der Waals surface area contributed by atoms with Crippen LogP contribution in [0.3, 0.4) is 0 Å². The van der Waals surface area contributed by atoms with Crippen molar-refractivity contribution in [2.75, 3.05) is 25.2 Å². The molecule has 0 aromatic heterocycles. The van der Waals surface area contributed by atoms with Crippen molar-refractivity contribution >= 4 is 17.5 Å². The molecule has 0 unspecified atom stereocenters. The lowest BCUT2D eigenvalue weighted by Crippen LogP contribution is -2.63. The van der Waals surface area contributed by atoms with E-state index in [0.717, 1.165) is 43.4 Å². The number of hydrogen-bond acceptors (Lipinski definition) is 3. The van der Waals surface area contributed by atoms with E-state index in [9.17, 15) is 9.59 Å². The first kappa shape index (κ1) is 19.6. The van der Waals surface area contributed by atoms with Crippen LogP contribution in [0.15, 0.2) is 54.6 Å². The minimum atomic E-state index is -0.539. The molecule has 1 N–H and O–H groups in total. The molecule has 1 atom stereocenters. The van der Waals surface area contributed by atoms with E-state index in [1.165, 1.54) is 0 Å². The van der Waals surface area contributed by atoms with Gasteiger partial charge < -0.3 is 15.0 Å². The van der Waals surface area contributed by atoms with Gasteiger partial charge in [0.05, 0.1) is 18.1 Å². The molecule has 2 amide bonds. The van der Waals surface area contributed by atoms with Crippen LogP contribution in [0.5, 0.6) is 0 Å². The Morgan fingerprint density at radius 3 is 2.48 bits per heavy atom. The summed E-state index contributed by atoms with van der Waals surface area (Å²) in [5.74, 6) is -0.423. The van der Waals surface area contributed by atoms with Gasteiger partial charge in [-0.05, 0) is 36.6 Å². The summed E-state index contributed by atoms with van der Waals surface area (Å²) >= 11 is 0. The Morgan fingerprint density at radius 2 is 1.76 bits per heavy atom. The molecule has 2 aromatic rings. The summed E-state index contributed by atoms with van der Waals surface area (Å²) in [4.78, 5) is 29.1. The maximum Gasteiger partial charge on any atom is 0.259 e. The second-order valence-electron chi connectivity index (χ2n) is 7.94. The predicted octanol–water partition coefficient (Wildman–Crippen LogP) is 3.90. The average molecular weight is 392 g/mol. The van der Waals surface area contributed by atoms with Crippen LogP contribution in [-0.2, 0) is 9.53 Å². The highest BCUT2D eigenvalue weighted by atomic mass is 16.5. The van der Waals surface area contributed by atoms with Crippen molar-refractivity contribution in [1.29, 1.82) is 0 Å². The molecule has 5 nitrogen and oxygen atoms in total. The Bertz CT molecular complexity index is 875. The van der Waals surface area contributed by atoms with Crippen molar-refractivity contribution in [2.45, 2.75) is 43.6 Å². The lowest BCUT2D eigenvalue weighted by molar-refractivity contribution is -0.124. The number of anilines is 1. The van der Waals surface area contributed by atoms with Crippen LogP contribution in [0.4, 0.5) is 5.69 Å². The van der Waals surface area contributed by atoms with Gasteiger partial charge in [0.25, 0.3) is 5.91 Å². The third kappa shape index (κ3) is 3.44. The largest absolute Gasteiger partial charge is 0.383 e. The second-order valence-corrected chi connectivity index (χ2v) is 7.94. The number of carbonyl (C=O) groups is 2. The fraction of sp³-hybridized carbons (Fsp3) is 0.417. The molecule has 5 heteroatoms. The van der Waals surface area contributed by atoms with Gasteiger partial charge in [-0.3, -0.25) is 9.59 Å². The summed E-state index contributed by atoms with van der Waals surface area (Å²) in [7, 11) is 1.63. The molecule has 1 saturated carbocycles. The van der Waals surface area contributed by atoms with Crippen LogP contribution in [0.25, 0.3) is 0 Å². The quantitative estimate of drug-likeness (QED) is 0.785. The van der Waals surface area contributed by atoms with Crippen molar-refractivity contribution < 1.29 is 14.3 Å². The smallest absolute Gasteiger partial charge is 0.259 e. The van der Waals surface area contributed by atoms with Gasteiger partial charge >= 0.3 is 0 Å². The molecule has 1 aliphatic heterocycles. The van der Waals surface area contributed by atoms with E-state index in [1.54, 1.807) is 7.11 Å². The summed E-state index contributed by atoms with van der Waals surface area (Å²) in [5.41, 5.74) is 1.80. The standard InChI is InChI=1S/C24H28N2O3/c1-29-17-16-25-22(27)21-19-12-6-7-13-20(19)23(28)26(18-10-4-2-5-11-18)24(21)14-8-3-9-15-24/h2,4-7,10-13,21H,3,8-9,14-17H2,1H3,(H,25,27)/t21-/m1/s1. The summed E-state index contributed by atoms with van der Waals surface area (Å²) < 4.78 is 5.11. The molecule has 29 heavy (non-hydrogen) atoms. The van der Waals surface area contributed by atoms with Crippen molar-refractivity contribution in [3.63, 3.8) is 0 Å². The average Bonchev–Trinajstić information content (AvgIpc) is 2.75. The minimum Gasteiger partial charge on any atom is -0.383 e. The molecule has 1 heterocycles. The molecular weight excluding hydrogens is 364 g/mol. The van der Waals surface area contributed by atoms with E-state index in [-0.39, 0.29) is 11.8 Å². The van der Waals surface area contributed by atoms with E-state index in [1.807, 2.05) is 59.5 Å². The molecule has 4 rings (SSSR count). The molecular formula is C24H28N2O3. The van der Waals surface area contributed by atoms with Crippen molar-refractivity contribution in [3.05, 3.63) is 65.7 Å². The number of para-hydroxylation sites is 1. The number of nitrogens with one attached hydrogen (secondary N) is 1. The van der Waals surface area contributed by atoms with E-state index in [4.69, 9.17) is 4.74 Å². The first-order valence-corrected chi connectivity index (χ1v) is 10.4. The Balaban J connectivity index is 1.86. The second kappa shape index (κ2) is 8.37. The highest BCUT2D eigenvalue weighted by molar-refractivity contribution is 6.12. The van der Waals surface area contributed by atoms with E-state index in [0.29, 0.717) is 18.7 Å². The molecule has 0 radical (unpaired) electrons. The predicted molar refractivity (Wildman–Crippen MR) is 113 cm³/mol. The first-order valence-electron chi connectivity index (χ1n) is 10.4. The third-order valence-electron chi connectivity index (χ3n) is 6.29. The van der Waals surface area contributed by atoms with Crippen LogP contribution in [-0.4, -0.2) is 37.6 Å². The van der Waals surface area contributed by atoms with E-state index in [2.05, 4.69) is 5.32 Å². The van der Waals surface area contributed by atoms with Crippen LogP contribution in [0.1, 0.15) is 53.9 Å². The number of amides is 2. The van der Waals surface area contributed by atoms with Crippen molar-refractivity contribution in [3.8, 4) is 0 Å². The molecule has 2 aromatic carbocycles. The number of rotatable bonds is 5. The first-order chi connectivity index (χ1) is 14.2. The summed E-state index contributed by atoms with van der Waals surface area (Å²) in [6.07, 6.45) is 4.81. The Hall–Kier alpha value is -2.66. The van der Waals surface area contributed by atoms with Crippen molar-refractivity contribution in [2.24, 2.45) is 0 Å². The summed E-state index contributed by atoms with van der Waals surface area (Å²) in [6.45, 7) is 0.928. The molecule has 152 valence electrons. The highest BCUT2D eigenvalue weighted by Crippen LogP contribution is 2.50. The molecule has 1 aliphatic carbocycles. The lowest BCUT2D eigenvalue weighted by atomic mass is 9.65. The number of methoxy groups -OCH3 is 1. The Labute approximate surface area is 172 Å². The zero-order valence-electron chi connectivity index (χ0n) is 16.9. The fourth-order valence-corrected chi connectivity index (χ4v) is 5.08. The van der Waals surface area contributed by atoms with Gasteiger partial charge in [0.15, 0.2) is 0 Å². The zero-order chi connectivity index (χ0) is 20.3. The van der Waals surface area contributed by atoms with Gasteiger partial charge in [-0.15, -0.1) is 0 Å². The maximum atomic E-state index is 13.7. The SMILES string of the molecule is COCCNC(=O)[C@H]1c2ccccc2C(=O)N(c2ccccc2)C12CCCCC2. The number of carbonyl (C=O) groups excluding carboxylic acids is 2. The van der Waals surface area contributed by atoms with Crippen LogP contribution < -0.4 is 10.2 Å². The topological polar surface area (TPSA) is 58.6 Å². The Morgan fingerprint density at radius 1 is 1.07 bits per heavy atom. The zero-order valence-corrected chi connectivity index (χ0v) is 16.9. The number of ether oxygens (including phenoxy) is 1. The van der Waals surface area contributed by atoms with Gasteiger partial charge in [0.2, 0.25) is 5.91 Å². The van der Waals surface area contributed by atoms with Gasteiger partial charge in [-0.2, -0.15) is 0 Å². The minimum absolute atomic E-state index is 0.00496. The van der Waals surface area contributed by atoms with Gasteiger partial charge in [-0.1, -0.05) is 55.7 Å². The van der Waals surface area contributed by atoms with Gasteiger partial charge in [0, 0.05) is 24.9 Å². The Kier molecular flexibility index (Phi) is 5.67. The third-order valence-corrected chi connectivity index (χ3v) is 6.29. The molecule has 0 bridgehead atoms. The molecule has 1 spiro atoms. The van der Waals surface area contributed by atoms with Crippen molar-refractivity contribution in [1.82, 2.24) is 5.32 Å². The lowest BCUT2D eigenvalue weighted by Gasteiger charge is -2.53. The number of fused-ring (bicyclic) bond motifs is 1. The number of nitrogens with zero attached hydrogens (tertiary/aromatic N) is 1. The fourth-order valence-electron chi connectivity index (χ4n) is 5.08. The van der Waals surface area contributed by atoms with E-state index >= 15 is 0 Å². The number of benzene rings is 2. The van der Waals surface area contributed by atoms with E-state index < -0.39 is 11.5 Å². The normalized spacial score (nSPS) is 20.4. The van der Waals surface area contributed by atoms with Gasteiger partial charge in [-0.25, -0.2) is 0 Å². The number of hydrogen-bond donors (Lipinski definition) is 1. The van der Waals surface area contributed by atoms with Crippen LogP contribution in [0.2, 0.25) is 0 Å². The molecule has 2 aliphatic rings. The van der Waals surface area contributed by atoms with Gasteiger partial charge in [0.1, 0.15) is 0 Å². The molecule has 1 fully saturated rings. The monoisotopic (exact) mass is 392 g/mol. The summed E-state index contributed by atoms with van der Waals surface area (Å²) in [5, 5.41) is 3.05.